The Balaban J connectivity index is 1.62. The molecule has 0 saturated heterocycles. The van der Waals surface area contributed by atoms with Crippen molar-refractivity contribution in [1.29, 1.82) is 0 Å². The number of hydrogen-bond acceptors (Lipinski definition) is 7. The topological polar surface area (TPSA) is 84.0 Å². The normalized spacial score (nSPS) is 15.7. The maximum atomic E-state index is 12.4. The Hall–Kier alpha value is -2.19. The molecule has 0 unspecified atom stereocenters. The van der Waals surface area contributed by atoms with Gasteiger partial charge < -0.3 is 10.6 Å². The first-order valence-corrected chi connectivity index (χ1v) is 9.17. The third-order valence-corrected chi connectivity index (χ3v) is 5.64. The second-order valence-electron chi connectivity index (χ2n) is 5.27. The molecule has 124 valence electrons. The molecule has 6 nitrogen and oxygen atoms in total. The zero-order valence-electron chi connectivity index (χ0n) is 13.0. The second kappa shape index (κ2) is 7.14. The molecule has 2 aromatic rings. The second-order valence-corrected chi connectivity index (χ2v) is 7.47. The summed E-state index contributed by atoms with van der Waals surface area (Å²) < 4.78 is 0.737. The van der Waals surface area contributed by atoms with Crippen LogP contribution in [0.3, 0.4) is 0 Å². The van der Waals surface area contributed by atoms with E-state index in [1.165, 1.54) is 23.1 Å². The van der Waals surface area contributed by atoms with Gasteiger partial charge in [-0.15, -0.1) is 16.8 Å². The minimum absolute atomic E-state index is 0.00477. The average molecular weight is 360 g/mol. The van der Waals surface area contributed by atoms with Gasteiger partial charge in [0, 0.05) is 17.8 Å². The number of ketones is 1. The highest BCUT2D eigenvalue weighted by Crippen LogP contribution is 2.33. The van der Waals surface area contributed by atoms with Gasteiger partial charge in [0.05, 0.1) is 11.7 Å². The summed E-state index contributed by atoms with van der Waals surface area (Å²) in [6, 6.07) is 5.34. The zero-order chi connectivity index (χ0) is 17.1. The predicted molar refractivity (Wildman–Crippen MR) is 97.1 cm³/mol. The van der Waals surface area contributed by atoms with Gasteiger partial charge in [0.1, 0.15) is 0 Å². The highest BCUT2D eigenvalue weighted by molar-refractivity contribution is 8.01. The van der Waals surface area contributed by atoms with E-state index in [1.54, 1.807) is 24.3 Å². The van der Waals surface area contributed by atoms with Gasteiger partial charge in [-0.1, -0.05) is 29.2 Å². The fourth-order valence-corrected chi connectivity index (χ4v) is 3.95. The molecule has 1 aromatic carbocycles. The van der Waals surface area contributed by atoms with Crippen LogP contribution in [0.15, 0.2) is 35.2 Å². The quantitative estimate of drug-likeness (QED) is 0.448. The van der Waals surface area contributed by atoms with Gasteiger partial charge in [0.2, 0.25) is 11.0 Å². The van der Waals surface area contributed by atoms with Gasteiger partial charge in [0.15, 0.2) is 10.1 Å². The van der Waals surface area contributed by atoms with E-state index in [1.807, 2.05) is 6.92 Å². The number of nitrogens with zero attached hydrogens (tertiary/aromatic N) is 2. The SMILES string of the molecule is C=CCNc1nnc(SCC(=O)c2ccc3c(c2)[C@H](C)C(=O)N3)s1. The van der Waals surface area contributed by atoms with Crippen LogP contribution in [0.25, 0.3) is 0 Å². The number of rotatable bonds is 7. The molecule has 0 aliphatic carbocycles. The van der Waals surface area contributed by atoms with Gasteiger partial charge in [-0.2, -0.15) is 0 Å². The number of carbonyl (C=O) groups is 2. The number of benzene rings is 1. The number of hydrogen-bond donors (Lipinski definition) is 2. The van der Waals surface area contributed by atoms with Crippen LogP contribution in [0, 0.1) is 0 Å². The molecule has 1 aliphatic heterocycles. The van der Waals surface area contributed by atoms with Crippen LogP contribution in [0.5, 0.6) is 0 Å². The van der Waals surface area contributed by atoms with Crippen LogP contribution in [-0.2, 0) is 4.79 Å². The summed E-state index contributed by atoms with van der Waals surface area (Å²) in [5, 5.41) is 14.6. The minimum atomic E-state index is -0.220. The molecule has 1 amide bonds. The van der Waals surface area contributed by atoms with Crippen molar-refractivity contribution < 1.29 is 9.59 Å². The van der Waals surface area contributed by atoms with E-state index < -0.39 is 0 Å². The lowest BCUT2D eigenvalue weighted by Gasteiger charge is -2.04. The van der Waals surface area contributed by atoms with E-state index >= 15 is 0 Å². The number of aromatic nitrogens is 2. The Bertz CT molecular complexity index is 803. The number of thioether (sulfide) groups is 1. The molecular formula is C16H16N4O2S2. The molecule has 3 rings (SSSR count). The number of fused-ring (bicyclic) bond motifs is 1. The summed E-state index contributed by atoms with van der Waals surface area (Å²) in [6.07, 6.45) is 1.74. The Labute approximate surface area is 147 Å². The van der Waals surface area contributed by atoms with Gasteiger partial charge in [0.25, 0.3) is 0 Å². The van der Waals surface area contributed by atoms with Crippen molar-refractivity contribution in [3.63, 3.8) is 0 Å². The summed E-state index contributed by atoms with van der Waals surface area (Å²) in [5.41, 5.74) is 2.28. The molecule has 0 spiro atoms. The zero-order valence-corrected chi connectivity index (χ0v) is 14.7. The number of anilines is 2. The van der Waals surface area contributed by atoms with Gasteiger partial charge in [-0.25, -0.2) is 0 Å². The summed E-state index contributed by atoms with van der Waals surface area (Å²) >= 11 is 2.77. The van der Waals surface area contributed by atoms with Crippen molar-refractivity contribution in [2.24, 2.45) is 0 Å². The fourth-order valence-electron chi connectivity index (χ4n) is 2.30. The Morgan fingerprint density at radius 2 is 2.33 bits per heavy atom. The first-order chi connectivity index (χ1) is 11.6. The Kier molecular flexibility index (Phi) is 4.96. The maximum absolute atomic E-state index is 12.4. The van der Waals surface area contributed by atoms with Crippen molar-refractivity contribution in [2.75, 3.05) is 22.9 Å². The van der Waals surface area contributed by atoms with Crippen LogP contribution in [0.4, 0.5) is 10.8 Å². The highest BCUT2D eigenvalue weighted by atomic mass is 32.2. The molecule has 2 N–H and O–H groups in total. The van der Waals surface area contributed by atoms with E-state index in [0.717, 1.165) is 15.6 Å². The molecule has 0 saturated carbocycles. The van der Waals surface area contributed by atoms with E-state index in [0.29, 0.717) is 17.2 Å². The molecule has 8 heteroatoms. The highest BCUT2D eigenvalue weighted by Gasteiger charge is 2.27. The largest absolute Gasteiger partial charge is 0.357 e. The van der Waals surface area contributed by atoms with Crippen LogP contribution in [0.1, 0.15) is 28.8 Å². The van der Waals surface area contributed by atoms with E-state index in [4.69, 9.17) is 0 Å². The Morgan fingerprint density at radius 1 is 1.50 bits per heavy atom. The van der Waals surface area contributed by atoms with Crippen molar-refractivity contribution in [3.05, 3.63) is 42.0 Å². The van der Waals surface area contributed by atoms with Crippen LogP contribution in [-0.4, -0.2) is 34.2 Å². The predicted octanol–water partition coefficient (Wildman–Crippen LogP) is 3.17. The molecule has 0 bridgehead atoms. The van der Waals surface area contributed by atoms with Gasteiger partial charge >= 0.3 is 0 Å². The molecule has 24 heavy (non-hydrogen) atoms. The molecule has 1 atom stereocenters. The molecule has 0 fully saturated rings. The summed E-state index contributed by atoms with van der Waals surface area (Å²) in [4.78, 5) is 24.1. The smallest absolute Gasteiger partial charge is 0.231 e. The number of nitrogens with one attached hydrogen (secondary N) is 2. The molecule has 2 heterocycles. The summed E-state index contributed by atoms with van der Waals surface area (Å²) in [7, 11) is 0. The van der Waals surface area contributed by atoms with E-state index in [-0.39, 0.29) is 23.4 Å². The van der Waals surface area contributed by atoms with Crippen molar-refractivity contribution in [3.8, 4) is 0 Å². The maximum Gasteiger partial charge on any atom is 0.231 e. The fraction of sp³-hybridized carbons (Fsp3) is 0.250. The number of amides is 1. The Morgan fingerprint density at radius 3 is 3.12 bits per heavy atom. The van der Waals surface area contributed by atoms with Crippen molar-refractivity contribution in [2.45, 2.75) is 17.2 Å². The molecule has 1 aromatic heterocycles. The molecule has 1 aliphatic rings. The van der Waals surface area contributed by atoms with Crippen LogP contribution >= 0.6 is 23.1 Å². The molecular weight excluding hydrogens is 344 g/mol. The summed E-state index contributed by atoms with van der Waals surface area (Å²) in [6.45, 7) is 6.09. The van der Waals surface area contributed by atoms with Crippen LogP contribution in [0.2, 0.25) is 0 Å². The lowest BCUT2D eigenvalue weighted by Crippen LogP contribution is -2.08. The first-order valence-electron chi connectivity index (χ1n) is 7.37. The van der Waals surface area contributed by atoms with E-state index in [9.17, 15) is 9.59 Å². The van der Waals surface area contributed by atoms with Crippen LogP contribution < -0.4 is 10.6 Å². The van der Waals surface area contributed by atoms with Gasteiger partial charge in [-0.05, 0) is 30.7 Å². The van der Waals surface area contributed by atoms with E-state index in [2.05, 4.69) is 27.4 Å². The first kappa shape index (κ1) is 16.7. The molecule has 0 radical (unpaired) electrons. The van der Waals surface area contributed by atoms with Crippen molar-refractivity contribution >= 4 is 45.6 Å². The third-order valence-electron chi connectivity index (χ3n) is 3.62. The average Bonchev–Trinajstić information content (AvgIpc) is 3.15. The third kappa shape index (κ3) is 3.49. The standard InChI is InChI=1S/C16H16N4O2S2/c1-3-6-17-15-19-20-16(24-15)23-8-13(21)10-4-5-12-11(7-10)9(2)14(22)18-12/h3-5,7,9H,1,6,8H2,2H3,(H,17,19)(H,18,22)/t9-/m0/s1. The van der Waals surface area contributed by atoms with Crippen molar-refractivity contribution in [1.82, 2.24) is 10.2 Å². The lowest BCUT2D eigenvalue weighted by atomic mass is 9.99. The monoisotopic (exact) mass is 360 g/mol. The van der Waals surface area contributed by atoms with Gasteiger partial charge in [-0.3, -0.25) is 9.59 Å². The number of carbonyl (C=O) groups excluding carboxylic acids is 2. The summed E-state index contributed by atoms with van der Waals surface area (Å²) in [5.74, 6) is 0.0366. The number of Topliss-reactive ketones (excluding diaryl/α,β-unsaturated/α-hetero) is 1. The lowest BCUT2D eigenvalue weighted by molar-refractivity contribution is -0.116. The minimum Gasteiger partial charge on any atom is -0.357 e.